The first kappa shape index (κ1) is 10.7. The number of hydrogen-bond donors (Lipinski definition) is 1. The molecule has 0 radical (unpaired) electrons. The van der Waals surface area contributed by atoms with Gasteiger partial charge in [-0.3, -0.25) is 9.00 Å². The van der Waals surface area contributed by atoms with Crippen LogP contribution in [0.25, 0.3) is 0 Å². The van der Waals surface area contributed by atoms with Gasteiger partial charge in [-0.1, -0.05) is 19.8 Å². The number of aliphatic carboxylic acids is 1. The largest absolute Gasteiger partial charge is 0.481 e. The fraction of sp³-hybridized carbons (Fsp3) is 0.889. The standard InChI is InChI=1S/C9H16O3S/c1-7(6-9(10)11)13(12)8-4-2-3-5-8/h7-8H,2-6H2,1H3,(H,10,11). The predicted octanol–water partition coefficient (Wildman–Crippen LogP) is 1.54. The highest BCUT2D eigenvalue weighted by molar-refractivity contribution is 7.86. The van der Waals surface area contributed by atoms with E-state index in [1.54, 1.807) is 6.92 Å². The molecule has 0 aromatic heterocycles. The van der Waals surface area contributed by atoms with Gasteiger partial charge in [0.15, 0.2) is 0 Å². The molecule has 3 nitrogen and oxygen atoms in total. The van der Waals surface area contributed by atoms with E-state index in [9.17, 15) is 9.00 Å². The van der Waals surface area contributed by atoms with Crippen molar-refractivity contribution in [1.29, 1.82) is 0 Å². The molecule has 1 fully saturated rings. The van der Waals surface area contributed by atoms with E-state index in [0.717, 1.165) is 25.7 Å². The third kappa shape index (κ3) is 3.10. The number of carbonyl (C=O) groups is 1. The summed E-state index contributed by atoms with van der Waals surface area (Å²) in [7, 11) is -0.942. The van der Waals surface area contributed by atoms with E-state index in [1.807, 2.05) is 0 Å². The van der Waals surface area contributed by atoms with Crippen molar-refractivity contribution in [2.24, 2.45) is 0 Å². The molecule has 1 aliphatic carbocycles. The highest BCUT2D eigenvalue weighted by Crippen LogP contribution is 2.25. The maximum Gasteiger partial charge on any atom is 0.304 e. The molecule has 0 saturated heterocycles. The summed E-state index contributed by atoms with van der Waals surface area (Å²) in [6.45, 7) is 1.77. The molecule has 4 heteroatoms. The van der Waals surface area contributed by atoms with Gasteiger partial charge in [0.25, 0.3) is 0 Å². The Bertz CT molecular complexity index is 209. The Morgan fingerprint density at radius 2 is 2.08 bits per heavy atom. The number of hydrogen-bond acceptors (Lipinski definition) is 2. The SMILES string of the molecule is CC(CC(=O)O)S(=O)C1CCCC1. The summed E-state index contributed by atoms with van der Waals surface area (Å²) in [5, 5.41) is 8.61. The summed E-state index contributed by atoms with van der Waals surface area (Å²) in [5.41, 5.74) is 0. The number of rotatable bonds is 4. The van der Waals surface area contributed by atoms with Crippen LogP contribution in [0.3, 0.4) is 0 Å². The summed E-state index contributed by atoms with van der Waals surface area (Å²) in [4.78, 5) is 10.4. The smallest absolute Gasteiger partial charge is 0.304 e. The van der Waals surface area contributed by atoms with Crippen LogP contribution in [0.5, 0.6) is 0 Å². The van der Waals surface area contributed by atoms with E-state index >= 15 is 0 Å². The molecule has 0 spiro atoms. The number of carboxylic acid groups (broad SMARTS) is 1. The molecule has 2 unspecified atom stereocenters. The van der Waals surface area contributed by atoms with Crippen molar-refractivity contribution in [1.82, 2.24) is 0 Å². The van der Waals surface area contributed by atoms with Crippen molar-refractivity contribution >= 4 is 16.8 Å². The molecule has 76 valence electrons. The Morgan fingerprint density at radius 1 is 1.54 bits per heavy atom. The topological polar surface area (TPSA) is 54.4 Å². The van der Waals surface area contributed by atoms with Gasteiger partial charge in [-0.05, 0) is 12.8 Å². The lowest BCUT2D eigenvalue weighted by Crippen LogP contribution is -2.23. The minimum absolute atomic E-state index is 0.0309. The van der Waals surface area contributed by atoms with Crippen molar-refractivity contribution in [2.45, 2.75) is 49.5 Å². The van der Waals surface area contributed by atoms with Crippen LogP contribution in [-0.4, -0.2) is 25.8 Å². The normalized spacial score (nSPS) is 22.8. The van der Waals surface area contributed by atoms with Crippen LogP contribution in [0.1, 0.15) is 39.0 Å². The molecule has 0 aliphatic heterocycles. The average Bonchev–Trinajstić information content (AvgIpc) is 2.53. The van der Waals surface area contributed by atoms with Gasteiger partial charge in [0.05, 0.1) is 6.42 Å². The first-order chi connectivity index (χ1) is 6.11. The van der Waals surface area contributed by atoms with Crippen LogP contribution in [-0.2, 0) is 15.6 Å². The lowest BCUT2D eigenvalue weighted by Gasteiger charge is -2.14. The van der Waals surface area contributed by atoms with Gasteiger partial charge in [-0.25, -0.2) is 0 Å². The Kier molecular flexibility index (Phi) is 3.90. The van der Waals surface area contributed by atoms with E-state index in [2.05, 4.69) is 0 Å². The van der Waals surface area contributed by atoms with Gasteiger partial charge in [-0.15, -0.1) is 0 Å². The lowest BCUT2D eigenvalue weighted by molar-refractivity contribution is -0.136. The first-order valence-corrected chi connectivity index (χ1v) is 6.00. The Labute approximate surface area is 81.0 Å². The Hall–Kier alpha value is -0.380. The molecule has 0 heterocycles. The second-order valence-corrected chi connectivity index (χ2v) is 5.77. The molecule has 0 aromatic carbocycles. The highest BCUT2D eigenvalue weighted by atomic mass is 32.2. The minimum Gasteiger partial charge on any atom is -0.481 e. The Balaban J connectivity index is 2.41. The summed E-state index contributed by atoms with van der Waals surface area (Å²) in [5.74, 6) is -0.848. The van der Waals surface area contributed by atoms with Gasteiger partial charge in [0.1, 0.15) is 0 Å². The van der Waals surface area contributed by atoms with Crippen molar-refractivity contribution in [3.8, 4) is 0 Å². The Morgan fingerprint density at radius 3 is 2.54 bits per heavy atom. The quantitative estimate of drug-likeness (QED) is 0.755. The maximum atomic E-state index is 11.7. The molecule has 13 heavy (non-hydrogen) atoms. The molecular weight excluding hydrogens is 188 g/mol. The second kappa shape index (κ2) is 4.74. The van der Waals surface area contributed by atoms with Crippen LogP contribution in [0.2, 0.25) is 0 Å². The van der Waals surface area contributed by atoms with E-state index in [1.165, 1.54) is 0 Å². The zero-order chi connectivity index (χ0) is 9.84. The third-order valence-corrected chi connectivity index (χ3v) is 4.58. The van der Waals surface area contributed by atoms with Crippen molar-refractivity contribution in [3.63, 3.8) is 0 Å². The van der Waals surface area contributed by atoms with Gasteiger partial charge in [0.2, 0.25) is 0 Å². The molecular formula is C9H16O3S. The zero-order valence-corrected chi connectivity index (χ0v) is 8.68. The van der Waals surface area contributed by atoms with Crippen molar-refractivity contribution < 1.29 is 14.1 Å². The summed E-state index contributed by atoms with van der Waals surface area (Å²) < 4.78 is 11.7. The fourth-order valence-electron chi connectivity index (χ4n) is 1.78. The van der Waals surface area contributed by atoms with Crippen LogP contribution in [0.4, 0.5) is 0 Å². The van der Waals surface area contributed by atoms with Gasteiger partial charge in [-0.2, -0.15) is 0 Å². The van der Waals surface area contributed by atoms with E-state index in [-0.39, 0.29) is 16.9 Å². The molecule has 1 aliphatic rings. The highest BCUT2D eigenvalue weighted by Gasteiger charge is 2.26. The van der Waals surface area contributed by atoms with Gasteiger partial charge >= 0.3 is 5.97 Å². The molecule has 0 aromatic rings. The van der Waals surface area contributed by atoms with E-state index in [4.69, 9.17) is 5.11 Å². The molecule has 2 atom stereocenters. The number of carboxylic acids is 1. The summed E-state index contributed by atoms with van der Waals surface area (Å²) >= 11 is 0. The van der Waals surface area contributed by atoms with Gasteiger partial charge < -0.3 is 5.11 Å². The van der Waals surface area contributed by atoms with E-state index in [0.29, 0.717) is 0 Å². The van der Waals surface area contributed by atoms with Crippen LogP contribution < -0.4 is 0 Å². The monoisotopic (exact) mass is 204 g/mol. The average molecular weight is 204 g/mol. The van der Waals surface area contributed by atoms with Crippen LogP contribution in [0.15, 0.2) is 0 Å². The van der Waals surface area contributed by atoms with E-state index < -0.39 is 16.8 Å². The first-order valence-electron chi connectivity index (χ1n) is 4.72. The molecule has 1 N–H and O–H groups in total. The molecule has 1 rings (SSSR count). The van der Waals surface area contributed by atoms with Crippen LogP contribution >= 0.6 is 0 Å². The molecule has 0 amide bonds. The van der Waals surface area contributed by atoms with Crippen molar-refractivity contribution in [2.75, 3.05) is 0 Å². The summed E-state index contributed by atoms with van der Waals surface area (Å²) in [6.07, 6.45) is 4.35. The third-order valence-electron chi connectivity index (χ3n) is 2.49. The fourth-order valence-corrected chi connectivity index (χ4v) is 3.54. The predicted molar refractivity (Wildman–Crippen MR) is 52.1 cm³/mol. The zero-order valence-electron chi connectivity index (χ0n) is 7.86. The van der Waals surface area contributed by atoms with Crippen LogP contribution in [0, 0.1) is 0 Å². The molecule has 0 bridgehead atoms. The molecule has 1 saturated carbocycles. The van der Waals surface area contributed by atoms with Gasteiger partial charge in [0, 0.05) is 21.3 Å². The van der Waals surface area contributed by atoms with Crippen molar-refractivity contribution in [3.05, 3.63) is 0 Å². The summed E-state index contributed by atoms with van der Waals surface area (Å²) in [6, 6.07) is 0. The maximum absolute atomic E-state index is 11.7. The minimum atomic E-state index is -0.942. The second-order valence-electron chi connectivity index (χ2n) is 3.64. The lowest BCUT2D eigenvalue weighted by atomic mass is 10.3.